The molecule has 2 aromatic heterocycles. The summed E-state index contributed by atoms with van der Waals surface area (Å²) in [5.74, 6) is 1.74. The zero-order chi connectivity index (χ0) is 19.6. The molecular weight excluding hydrogens is 360 g/mol. The summed E-state index contributed by atoms with van der Waals surface area (Å²) in [5, 5.41) is 17.1. The van der Waals surface area contributed by atoms with Gasteiger partial charge in [0.1, 0.15) is 0 Å². The SMILES string of the molecule is N#CC1CCN(Cc2ccc(-c3cccc4nc(NCC5CC5)nn34)cc2)CC1. The number of anilines is 1. The molecule has 1 aromatic carbocycles. The highest BCUT2D eigenvalue weighted by Gasteiger charge is 2.21. The highest BCUT2D eigenvalue weighted by Crippen LogP contribution is 2.29. The number of rotatable bonds is 6. The summed E-state index contributed by atoms with van der Waals surface area (Å²) in [7, 11) is 0. The monoisotopic (exact) mass is 386 g/mol. The summed E-state index contributed by atoms with van der Waals surface area (Å²) in [5.41, 5.74) is 4.36. The predicted octanol–water partition coefficient (Wildman–Crippen LogP) is 3.95. The molecule has 3 heterocycles. The molecule has 1 aliphatic heterocycles. The Labute approximate surface area is 171 Å². The van der Waals surface area contributed by atoms with Crippen LogP contribution in [-0.2, 0) is 6.54 Å². The molecule has 2 fully saturated rings. The summed E-state index contributed by atoms with van der Waals surface area (Å²) in [6.45, 7) is 3.93. The highest BCUT2D eigenvalue weighted by atomic mass is 15.4. The first-order valence-electron chi connectivity index (χ1n) is 10.6. The third-order valence-corrected chi connectivity index (χ3v) is 6.03. The molecule has 1 N–H and O–H groups in total. The van der Waals surface area contributed by atoms with Gasteiger partial charge in [0.05, 0.1) is 11.8 Å². The van der Waals surface area contributed by atoms with Crippen LogP contribution in [0.5, 0.6) is 0 Å². The first kappa shape index (κ1) is 18.1. The van der Waals surface area contributed by atoms with E-state index in [1.165, 1.54) is 18.4 Å². The van der Waals surface area contributed by atoms with Crippen molar-refractivity contribution in [3.05, 3.63) is 48.0 Å². The average molecular weight is 387 g/mol. The molecule has 1 aliphatic carbocycles. The smallest absolute Gasteiger partial charge is 0.243 e. The Bertz CT molecular complexity index is 1020. The third kappa shape index (κ3) is 4.10. The first-order valence-corrected chi connectivity index (χ1v) is 10.6. The largest absolute Gasteiger partial charge is 0.353 e. The molecule has 6 heteroatoms. The van der Waals surface area contributed by atoms with Gasteiger partial charge in [0, 0.05) is 24.6 Å². The van der Waals surface area contributed by atoms with Crippen LogP contribution in [0.25, 0.3) is 16.9 Å². The van der Waals surface area contributed by atoms with Gasteiger partial charge in [-0.25, -0.2) is 4.52 Å². The summed E-state index contributed by atoms with van der Waals surface area (Å²) < 4.78 is 1.93. The molecule has 3 aromatic rings. The van der Waals surface area contributed by atoms with Gasteiger partial charge in [0.25, 0.3) is 0 Å². The van der Waals surface area contributed by atoms with Gasteiger partial charge in [-0.3, -0.25) is 4.90 Å². The van der Waals surface area contributed by atoms with Crippen molar-refractivity contribution in [3.8, 4) is 17.3 Å². The van der Waals surface area contributed by atoms with Crippen LogP contribution in [0.1, 0.15) is 31.2 Å². The van der Waals surface area contributed by atoms with E-state index in [1.54, 1.807) is 0 Å². The van der Waals surface area contributed by atoms with Crippen molar-refractivity contribution < 1.29 is 0 Å². The first-order chi connectivity index (χ1) is 14.3. The molecule has 29 heavy (non-hydrogen) atoms. The van der Waals surface area contributed by atoms with Gasteiger partial charge in [-0.1, -0.05) is 30.3 Å². The maximum Gasteiger partial charge on any atom is 0.243 e. The standard InChI is InChI=1S/C23H26N6/c24-14-17-10-12-28(13-11-17)16-19-6-8-20(9-7-19)21-2-1-3-22-26-23(27-29(21)22)25-15-18-4-5-18/h1-3,6-9,17-18H,4-5,10-13,15-16H2,(H,25,27). The number of hydrogen-bond donors (Lipinski definition) is 1. The molecule has 148 valence electrons. The summed E-state index contributed by atoms with van der Waals surface area (Å²) >= 11 is 0. The van der Waals surface area contributed by atoms with Gasteiger partial charge in [-0.15, -0.1) is 5.10 Å². The minimum Gasteiger partial charge on any atom is -0.353 e. The maximum atomic E-state index is 9.06. The minimum atomic E-state index is 0.237. The molecule has 2 aliphatic rings. The molecule has 0 amide bonds. The van der Waals surface area contributed by atoms with Crippen LogP contribution >= 0.6 is 0 Å². The van der Waals surface area contributed by atoms with Gasteiger partial charge in [0.15, 0.2) is 5.65 Å². The lowest BCUT2D eigenvalue weighted by Crippen LogP contribution is -2.32. The Balaban J connectivity index is 1.30. The molecule has 0 bridgehead atoms. The van der Waals surface area contributed by atoms with Crippen molar-refractivity contribution in [2.75, 3.05) is 25.0 Å². The zero-order valence-electron chi connectivity index (χ0n) is 16.6. The normalized spacial score (nSPS) is 18.0. The molecule has 0 radical (unpaired) electrons. The van der Waals surface area contributed by atoms with Gasteiger partial charge < -0.3 is 5.32 Å². The quantitative estimate of drug-likeness (QED) is 0.695. The molecule has 6 nitrogen and oxygen atoms in total. The fraction of sp³-hybridized carbons (Fsp3) is 0.435. The van der Waals surface area contributed by atoms with Gasteiger partial charge in [0.2, 0.25) is 5.95 Å². The van der Waals surface area contributed by atoms with E-state index < -0.39 is 0 Å². The summed E-state index contributed by atoms with van der Waals surface area (Å²) in [4.78, 5) is 7.06. The lowest BCUT2D eigenvalue weighted by atomic mass is 9.98. The number of likely N-dealkylation sites (tertiary alicyclic amines) is 1. The van der Waals surface area contributed by atoms with Crippen LogP contribution in [0.2, 0.25) is 0 Å². The topological polar surface area (TPSA) is 69.2 Å². The number of nitriles is 1. The number of fused-ring (bicyclic) bond motifs is 1. The van der Waals surface area contributed by atoms with Crippen LogP contribution in [0, 0.1) is 23.2 Å². The van der Waals surface area contributed by atoms with E-state index >= 15 is 0 Å². The Morgan fingerprint density at radius 1 is 1.03 bits per heavy atom. The van der Waals surface area contributed by atoms with E-state index in [1.807, 2.05) is 16.6 Å². The number of hydrogen-bond acceptors (Lipinski definition) is 5. The second-order valence-corrected chi connectivity index (χ2v) is 8.32. The van der Waals surface area contributed by atoms with Gasteiger partial charge >= 0.3 is 0 Å². The van der Waals surface area contributed by atoms with E-state index in [9.17, 15) is 0 Å². The van der Waals surface area contributed by atoms with Crippen molar-refractivity contribution in [1.82, 2.24) is 19.5 Å². The van der Waals surface area contributed by atoms with Gasteiger partial charge in [-0.05, 0) is 62.4 Å². The Hall–Kier alpha value is -2.91. The Kier molecular flexibility index (Phi) is 4.91. The van der Waals surface area contributed by atoms with Crippen molar-refractivity contribution in [2.45, 2.75) is 32.2 Å². The molecule has 0 unspecified atom stereocenters. The van der Waals surface area contributed by atoms with Crippen LogP contribution < -0.4 is 5.32 Å². The zero-order valence-corrected chi connectivity index (χ0v) is 16.6. The number of benzene rings is 1. The molecule has 1 saturated heterocycles. The van der Waals surface area contributed by atoms with E-state index in [-0.39, 0.29) is 5.92 Å². The molecular formula is C23H26N6. The fourth-order valence-corrected chi connectivity index (χ4v) is 4.02. The summed E-state index contributed by atoms with van der Waals surface area (Å²) in [6.07, 6.45) is 4.60. The number of pyridine rings is 1. The van der Waals surface area contributed by atoms with E-state index in [0.717, 1.165) is 61.8 Å². The Morgan fingerprint density at radius 3 is 2.55 bits per heavy atom. The van der Waals surface area contributed by atoms with E-state index in [2.05, 4.69) is 56.7 Å². The number of nitrogens with one attached hydrogen (secondary N) is 1. The summed E-state index contributed by atoms with van der Waals surface area (Å²) in [6, 6.07) is 17.3. The minimum absolute atomic E-state index is 0.237. The van der Waals surface area contributed by atoms with Crippen molar-refractivity contribution in [1.29, 1.82) is 5.26 Å². The second-order valence-electron chi connectivity index (χ2n) is 8.32. The lowest BCUT2D eigenvalue weighted by molar-refractivity contribution is 0.198. The Morgan fingerprint density at radius 2 is 1.83 bits per heavy atom. The third-order valence-electron chi connectivity index (χ3n) is 6.03. The molecule has 5 rings (SSSR count). The lowest BCUT2D eigenvalue weighted by Gasteiger charge is -2.29. The molecule has 0 spiro atoms. The van der Waals surface area contributed by atoms with Crippen molar-refractivity contribution in [3.63, 3.8) is 0 Å². The molecule has 0 atom stereocenters. The number of nitrogens with zero attached hydrogens (tertiary/aromatic N) is 5. The maximum absolute atomic E-state index is 9.06. The number of aromatic nitrogens is 3. The van der Waals surface area contributed by atoms with E-state index in [4.69, 9.17) is 5.26 Å². The van der Waals surface area contributed by atoms with Crippen LogP contribution in [-0.4, -0.2) is 39.1 Å². The van der Waals surface area contributed by atoms with Crippen molar-refractivity contribution in [2.24, 2.45) is 11.8 Å². The van der Waals surface area contributed by atoms with Crippen molar-refractivity contribution >= 4 is 11.6 Å². The van der Waals surface area contributed by atoms with Crippen LogP contribution in [0.3, 0.4) is 0 Å². The van der Waals surface area contributed by atoms with Crippen LogP contribution in [0.4, 0.5) is 5.95 Å². The number of piperidine rings is 1. The molecule has 1 saturated carbocycles. The van der Waals surface area contributed by atoms with Crippen LogP contribution in [0.15, 0.2) is 42.5 Å². The fourth-order valence-electron chi connectivity index (χ4n) is 4.02. The predicted molar refractivity (Wildman–Crippen MR) is 113 cm³/mol. The highest BCUT2D eigenvalue weighted by molar-refractivity contribution is 5.64. The average Bonchev–Trinajstić information content (AvgIpc) is 3.50. The van der Waals surface area contributed by atoms with Gasteiger partial charge in [-0.2, -0.15) is 10.2 Å². The second kappa shape index (κ2) is 7.84. The van der Waals surface area contributed by atoms with E-state index in [0.29, 0.717) is 5.95 Å².